The molecular formula is C18H20FN5. The summed E-state index contributed by atoms with van der Waals surface area (Å²) in [5.74, 6) is 1.07. The molecule has 0 saturated heterocycles. The Morgan fingerprint density at radius 2 is 1.88 bits per heavy atom. The molecule has 24 heavy (non-hydrogen) atoms. The minimum atomic E-state index is -0.193. The van der Waals surface area contributed by atoms with Crippen LogP contribution in [0.3, 0.4) is 0 Å². The fourth-order valence-electron chi connectivity index (χ4n) is 3.34. The average Bonchev–Trinajstić information content (AvgIpc) is 3.06. The molecule has 0 unspecified atom stereocenters. The number of hydrogen-bond donors (Lipinski definition) is 1. The smallest absolute Gasteiger partial charge is 0.154 e. The summed E-state index contributed by atoms with van der Waals surface area (Å²) >= 11 is 0. The van der Waals surface area contributed by atoms with Crippen LogP contribution in [0.15, 0.2) is 42.9 Å². The Hall–Kier alpha value is -2.50. The van der Waals surface area contributed by atoms with Gasteiger partial charge in [0.15, 0.2) is 5.65 Å². The third kappa shape index (κ3) is 2.96. The summed E-state index contributed by atoms with van der Waals surface area (Å²) in [6.07, 6.45) is 9.24. The van der Waals surface area contributed by atoms with Crippen LogP contribution in [0.5, 0.6) is 0 Å². The zero-order chi connectivity index (χ0) is 16.4. The fraction of sp³-hybridized carbons (Fsp3) is 0.389. The predicted molar refractivity (Wildman–Crippen MR) is 91.6 cm³/mol. The van der Waals surface area contributed by atoms with Crippen LogP contribution in [0.4, 0.5) is 10.2 Å². The first kappa shape index (κ1) is 15.1. The summed E-state index contributed by atoms with van der Waals surface area (Å²) in [6, 6.07) is 8.19. The van der Waals surface area contributed by atoms with Gasteiger partial charge in [-0.2, -0.15) is 0 Å². The summed E-state index contributed by atoms with van der Waals surface area (Å²) in [7, 11) is 0. The molecule has 0 atom stereocenters. The molecule has 0 bridgehead atoms. The molecule has 1 aliphatic carbocycles. The van der Waals surface area contributed by atoms with Gasteiger partial charge in [-0.25, -0.2) is 9.50 Å². The Bertz CT molecular complexity index is 809. The molecule has 1 N–H and O–H groups in total. The Labute approximate surface area is 139 Å². The number of rotatable bonds is 4. The third-order valence-electron chi connectivity index (χ3n) is 4.76. The summed E-state index contributed by atoms with van der Waals surface area (Å²) in [4.78, 5) is 8.47. The zero-order valence-corrected chi connectivity index (χ0v) is 13.4. The topological polar surface area (TPSA) is 55.1 Å². The lowest BCUT2D eigenvalue weighted by Crippen LogP contribution is -2.27. The summed E-state index contributed by atoms with van der Waals surface area (Å²) < 4.78 is 14.6. The number of halogens is 1. The van der Waals surface area contributed by atoms with Crippen LogP contribution in [-0.4, -0.2) is 32.3 Å². The monoisotopic (exact) mass is 325 g/mol. The van der Waals surface area contributed by atoms with E-state index < -0.39 is 0 Å². The van der Waals surface area contributed by atoms with Crippen LogP contribution in [0.1, 0.15) is 25.7 Å². The summed E-state index contributed by atoms with van der Waals surface area (Å²) in [5, 5.41) is 8.19. The molecule has 0 radical (unpaired) electrons. The maximum atomic E-state index is 12.7. The van der Waals surface area contributed by atoms with E-state index in [2.05, 4.69) is 15.3 Å². The van der Waals surface area contributed by atoms with Crippen molar-refractivity contribution in [1.82, 2.24) is 19.6 Å². The highest BCUT2D eigenvalue weighted by Crippen LogP contribution is 2.27. The molecule has 1 fully saturated rings. The van der Waals surface area contributed by atoms with Crippen molar-refractivity contribution in [2.45, 2.75) is 31.7 Å². The van der Waals surface area contributed by atoms with Gasteiger partial charge in [0, 0.05) is 24.0 Å². The third-order valence-corrected chi connectivity index (χ3v) is 4.76. The second-order valence-electron chi connectivity index (χ2n) is 6.38. The van der Waals surface area contributed by atoms with Gasteiger partial charge in [0.2, 0.25) is 0 Å². The Kier molecular flexibility index (Phi) is 4.11. The lowest BCUT2D eigenvalue weighted by Gasteiger charge is -2.27. The van der Waals surface area contributed by atoms with Crippen molar-refractivity contribution in [2.75, 3.05) is 12.0 Å². The highest BCUT2D eigenvalue weighted by Gasteiger charge is 2.21. The van der Waals surface area contributed by atoms with E-state index in [1.165, 1.54) is 0 Å². The number of anilines is 1. The van der Waals surface area contributed by atoms with Gasteiger partial charge in [0.25, 0.3) is 0 Å². The number of pyridine rings is 1. The molecule has 3 heterocycles. The lowest BCUT2D eigenvalue weighted by atomic mass is 9.87. The maximum absolute atomic E-state index is 12.7. The fourth-order valence-corrected chi connectivity index (χ4v) is 3.34. The van der Waals surface area contributed by atoms with Crippen molar-refractivity contribution in [1.29, 1.82) is 0 Å². The number of alkyl halides is 1. The minimum Gasteiger partial charge on any atom is -0.366 e. The van der Waals surface area contributed by atoms with E-state index in [0.717, 1.165) is 48.4 Å². The summed E-state index contributed by atoms with van der Waals surface area (Å²) in [5.41, 5.74) is 2.79. The molecule has 0 spiro atoms. The van der Waals surface area contributed by atoms with Gasteiger partial charge in [-0.15, -0.1) is 5.10 Å². The molecule has 6 heteroatoms. The molecule has 0 aromatic carbocycles. The maximum Gasteiger partial charge on any atom is 0.154 e. The van der Waals surface area contributed by atoms with E-state index in [9.17, 15) is 4.39 Å². The van der Waals surface area contributed by atoms with E-state index >= 15 is 0 Å². The van der Waals surface area contributed by atoms with Crippen LogP contribution in [-0.2, 0) is 0 Å². The first-order valence-electron chi connectivity index (χ1n) is 8.41. The largest absolute Gasteiger partial charge is 0.366 e. The highest BCUT2D eigenvalue weighted by atomic mass is 19.1. The molecule has 1 aliphatic rings. The second kappa shape index (κ2) is 6.55. The quantitative estimate of drug-likeness (QED) is 0.794. The molecule has 0 aliphatic heterocycles. The Morgan fingerprint density at radius 1 is 1.08 bits per heavy atom. The van der Waals surface area contributed by atoms with E-state index in [1.807, 2.05) is 35.0 Å². The second-order valence-corrected chi connectivity index (χ2v) is 6.38. The first-order chi connectivity index (χ1) is 11.8. The van der Waals surface area contributed by atoms with Crippen molar-refractivity contribution in [3.63, 3.8) is 0 Å². The van der Waals surface area contributed by atoms with Crippen LogP contribution in [0, 0.1) is 5.92 Å². The number of hydrogen-bond acceptors (Lipinski definition) is 4. The van der Waals surface area contributed by atoms with Gasteiger partial charge in [-0.05, 0) is 55.9 Å². The van der Waals surface area contributed by atoms with Crippen LogP contribution >= 0.6 is 0 Å². The molecular weight excluding hydrogens is 305 g/mol. The van der Waals surface area contributed by atoms with Crippen molar-refractivity contribution < 1.29 is 4.39 Å². The van der Waals surface area contributed by atoms with E-state index in [0.29, 0.717) is 6.04 Å². The number of nitrogens with zero attached hydrogens (tertiary/aromatic N) is 4. The molecule has 3 aromatic heterocycles. The zero-order valence-electron chi connectivity index (χ0n) is 13.4. The number of fused-ring (bicyclic) bond motifs is 1. The Balaban J connectivity index is 1.57. The molecule has 4 rings (SSSR count). The molecule has 0 amide bonds. The van der Waals surface area contributed by atoms with Gasteiger partial charge >= 0.3 is 0 Å². The minimum absolute atomic E-state index is 0.193. The van der Waals surface area contributed by atoms with Gasteiger partial charge in [0.05, 0.1) is 18.6 Å². The van der Waals surface area contributed by atoms with Gasteiger partial charge in [-0.1, -0.05) is 0 Å². The van der Waals surface area contributed by atoms with Gasteiger partial charge in [-0.3, -0.25) is 9.37 Å². The Morgan fingerprint density at radius 3 is 2.62 bits per heavy atom. The van der Waals surface area contributed by atoms with Crippen molar-refractivity contribution in [2.24, 2.45) is 5.92 Å². The van der Waals surface area contributed by atoms with Crippen LogP contribution < -0.4 is 5.32 Å². The first-order valence-corrected chi connectivity index (χ1v) is 8.41. The van der Waals surface area contributed by atoms with Crippen LogP contribution in [0.25, 0.3) is 16.9 Å². The number of nitrogens with one attached hydrogen (secondary N) is 1. The molecule has 3 aromatic rings. The van der Waals surface area contributed by atoms with Crippen molar-refractivity contribution in [3.05, 3.63) is 42.9 Å². The summed E-state index contributed by atoms with van der Waals surface area (Å²) in [6.45, 7) is -0.193. The molecule has 1 saturated carbocycles. The number of imidazole rings is 1. The molecule has 124 valence electrons. The average molecular weight is 325 g/mol. The SMILES string of the molecule is FC[C@H]1CC[C@H](Nc2ccc3ncc(-c4ccncc4)n3n2)CC1. The lowest BCUT2D eigenvalue weighted by molar-refractivity contribution is 0.270. The van der Waals surface area contributed by atoms with Crippen molar-refractivity contribution in [3.8, 4) is 11.3 Å². The van der Waals surface area contributed by atoms with Crippen LogP contribution in [0.2, 0.25) is 0 Å². The van der Waals surface area contributed by atoms with E-state index in [1.54, 1.807) is 12.4 Å². The predicted octanol–water partition coefficient (Wildman–Crippen LogP) is 3.73. The van der Waals surface area contributed by atoms with Gasteiger partial charge in [0.1, 0.15) is 5.82 Å². The van der Waals surface area contributed by atoms with E-state index in [-0.39, 0.29) is 12.6 Å². The van der Waals surface area contributed by atoms with Crippen molar-refractivity contribution >= 4 is 11.5 Å². The molecule has 5 nitrogen and oxygen atoms in total. The highest BCUT2D eigenvalue weighted by molar-refractivity contribution is 5.63. The standard InChI is InChI=1S/C18H20FN5/c19-11-13-1-3-15(4-2-13)22-17-5-6-18-21-12-16(24(18)23-17)14-7-9-20-10-8-14/h5-10,12-13,15H,1-4,11H2,(H,22,23)/t13-,15-. The van der Waals surface area contributed by atoms with E-state index in [4.69, 9.17) is 5.10 Å². The van der Waals surface area contributed by atoms with Gasteiger partial charge < -0.3 is 5.32 Å². The number of aromatic nitrogens is 4. The normalized spacial score (nSPS) is 21.0.